The molecule has 1 atom stereocenters. The summed E-state index contributed by atoms with van der Waals surface area (Å²) in [5.41, 5.74) is 2.55. The first-order valence-electron chi connectivity index (χ1n) is 11.8. The molecule has 0 spiro atoms. The smallest absolute Gasteiger partial charge is 0.261 e. The van der Waals surface area contributed by atoms with Crippen molar-refractivity contribution in [2.45, 2.75) is 33.2 Å². The molecule has 3 amide bonds. The summed E-state index contributed by atoms with van der Waals surface area (Å²) in [6.07, 6.45) is 2.23. The number of methoxy groups -OCH3 is 1. The van der Waals surface area contributed by atoms with Gasteiger partial charge in [0, 0.05) is 13.1 Å². The van der Waals surface area contributed by atoms with E-state index < -0.39 is 6.04 Å². The number of carbonyl (C=O) groups is 3. The molecule has 8 nitrogen and oxygen atoms in total. The van der Waals surface area contributed by atoms with Gasteiger partial charge in [0.05, 0.1) is 24.3 Å². The highest BCUT2D eigenvalue weighted by atomic mass is 16.5. The summed E-state index contributed by atoms with van der Waals surface area (Å²) >= 11 is 0. The van der Waals surface area contributed by atoms with Gasteiger partial charge < -0.3 is 14.8 Å². The predicted molar refractivity (Wildman–Crippen MR) is 136 cm³/mol. The average molecular weight is 488 g/mol. The topological polar surface area (TPSA) is 97.8 Å². The normalized spacial score (nSPS) is 13.5. The summed E-state index contributed by atoms with van der Waals surface area (Å²) in [5, 5.41) is 2.68. The number of hydrogen-bond acceptors (Lipinski definition) is 6. The van der Waals surface area contributed by atoms with Gasteiger partial charge in [0.15, 0.2) is 11.5 Å². The minimum atomic E-state index is -0.429. The van der Waals surface area contributed by atoms with Gasteiger partial charge in [0.2, 0.25) is 5.91 Å². The number of benzene rings is 2. The van der Waals surface area contributed by atoms with Crippen LogP contribution >= 0.6 is 0 Å². The van der Waals surface area contributed by atoms with Crippen molar-refractivity contribution in [3.8, 4) is 22.6 Å². The predicted octanol–water partition coefficient (Wildman–Crippen LogP) is 4.81. The molecule has 0 fully saturated rings. The van der Waals surface area contributed by atoms with Crippen LogP contribution in [0.3, 0.4) is 0 Å². The van der Waals surface area contributed by atoms with E-state index in [4.69, 9.17) is 9.47 Å². The zero-order valence-electron chi connectivity index (χ0n) is 20.8. The number of hydrogen-bond donors (Lipinski definition) is 1. The second kappa shape index (κ2) is 10.6. The van der Waals surface area contributed by atoms with Crippen molar-refractivity contribution in [3.63, 3.8) is 0 Å². The van der Waals surface area contributed by atoms with E-state index in [-0.39, 0.29) is 30.2 Å². The van der Waals surface area contributed by atoms with Crippen molar-refractivity contribution in [1.29, 1.82) is 0 Å². The zero-order valence-corrected chi connectivity index (χ0v) is 20.8. The highest BCUT2D eigenvalue weighted by molar-refractivity contribution is 6.21. The minimum absolute atomic E-state index is 0.140. The third kappa shape index (κ3) is 5.22. The zero-order chi connectivity index (χ0) is 25.8. The van der Waals surface area contributed by atoms with E-state index >= 15 is 0 Å². The van der Waals surface area contributed by atoms with Gasteiger partial charge in [-0.25, -0.2) is 4.98 Å². The monoisotopic (exact) mass is 487 g/mol. The van der Waals surface area contributed by atoms with Gasteiger partial charge in [-0.1, -0.05) is 32.0 Å². The molecule has 1 aliphatic heterocycles. The maximum Gasteiger partial charge on any atom is 0.261 e. The van der Waals surface area contributed by atoms with Crippen LogP contribution in [0, 0.1) is 5.92 Å². The summed E-state index contributed by atoms with van der Waals surface area (Å²) in [4.78, 5) is 43.0. The molecule has 0 bridgehead atoms. The largest absolute Gasteiger partial charge is 0.493 e. The Hall–Kier alpha value is -4.20. The quantitative estimate of drug-likeness (QED) is 0.435. The van der Waals surface area contributed by atoms with Crippen LogP contribution < -0.4 is 14.8 Å². The Bertz CT molecular complexity index is 1270. The fraction of sp³-hybridized carbons (Fsp3) is 0.286. The molecule has 186 valence electrons. The lowest BCUT2D eigenvalue weighted by molar-refractivity contribution is -0.114. The molecular weight excluding hydrogens is 458 g/mol. The first kappa shape index (κ1) is 24.9. The maximum absolute atomic E-state index is 13.1. The molecule has 1 N–H and O–H groups in total. The summed E-state index contributed by atoms with van der Waals surface area (Å²) in [6.45, 7) is 5.66. The number of amides is 3. The highest BCUT2D eigenvalue weighted by Crippen LogP contribution is 2.34. The summed E-state index contributed by atoms with van der Waals surface area (Å²) in [7, 11) is 1.55. The number of fused-ring (bicyclic) bond motifs is 1. The Labute approximate surface area is 210 Å². The standard InChI is InChI=1S/C28H29N3O5/c1-17(2)13-21(31-27(33)22-7-5-6-8-23(22)28(31)34)16-36-24-10-9-19(14-25(24)35-4)20-11-12-29-26(15-20)30-18(3)32/h5-12,14-15,17,21H,13,16H2,1-4H3,(H,29,30,32)/t21-/m0/s1. The molecule has 0 saturated heterocycles. The number of aromatic nitrogens is 1. The molecule has 8 heteroatoms. The first-order valence-corrected chi connectivity index (χ1v) is 11.8. The number of imide groups is 1. The van der Waals surface area contributed by atoms with Crippen LogP contribution in [0.25, 0.3) is 11.1 Å². The fourth-order valence-electron chi connectivity index (χ4n) is 4.34. The van der Waals surface area contributed by atoms with Gasteiger partial charge in [0.1, 0.15) is 12.4 Å². The van der Waals surface area contributed by atoms with Gasteiger partial charge in [-0.2, -0.15) is 0 Å². The van der Waals surface area contributed by atoms with Gasteiger partial charge in [-0.3, -0.25) is 19.3 Å². The van der Waals surface area contributed by atoms with Crippen LogP contribution in [0.1, 0.15) is 47.9 Å². The van der Waals surface area contributed by atoms with E-state index in [9.17, 15) is 14.4 Å². The van der Waals surface area contributed by atoms with E-state index in [0.29, 0.717) is 34.9 Å². The van der Waals surface area contributed by atoms with Crippen molar-refractivity contribution >= 4 is 23.5 Å². The number of carbonyl (C=O) groups excluding carboxylic acids is 3. The van der Waals surface area contributed by atoms with E-state index in [2.05, 4.69) is 10.3 Å². The molecule has 0 unspecified atom stereocenters. The van der Waals surface area contributed by atoms with E-state index in [1.165, 1.54) is 11.8 Å². The highest BCUT2D eigenvalue weighted by Gasteiger charge is 2.40. The lowest BCUT2D eigenvalue weighted by atomic mass is 10.0. The van der Waals surface area contributed by atoms with Crippen LogP contribution in [0.5, 0.6) is 11.5 Å². The van der Waals surface area contributed by atoms with Crippen LogP contribution in [0.2, 0.25) is 0 Å². The van der Waals surface area contributed by atoms with Gasteiger partial charge >= 0.3 is 0 Å². The lowest BCUT2D eigenvalue weighted by Crippen LogP contribution is -2.44. The third-order valence-electron chi connectivity index (χ3n) is 5.93. The molecule has 0 saturated carbocycles. The minimum Gasteiger partial charge on any atom is -0.493 e. The Kier molecular flexibility index (Phi) is 7.33. The Morgan fingerprint density at radius 3 is 2.25 bits per heavy atom. The molecule has 3 aromatic rings. The van der Waals surface area contributed by atoms with E-state index in [1.54, 1.807) is 49.7 Å². The van der Waals surface area contributed by atoms with Crippen molar-refractivity contribution < 1.29 is 23.9 Å². The second-order valence-electron chi connectivity index (χ2n) is 9.10. The van der Waals surface area contributed by atoms with Crippen molar-refractivity contribution in [3.05, 3.63) is 71.9 Å². The van der Waals surface area contributed by atoms with E-state index in [0.717, 1.165) is 11.1 Å². The molecule has 1 aromatic heterocycles. The Morgan fingerprint density at radius 2 is 1.64 bits per heavy atom. The number of rotatable bonds is 9. The lowest BCUT2D eigenvalue weighted by Gasteiger charge is -2.28. The van der Waals surface area contributed by atoms with Crippen LogP contribution in [-0.4, -0.2) is 47.4 Å². The van der Waals surface area contributed by atoms with Crippen molar-refractivity contribution in [1.82, 2.24) is 9.88 Å². The number of nitrogens with zero attached hydrogens (tertiary/aromatic N) is 2. The first-order chi connectivity index (χ1) is 17.3. The summed E-state index contributed by atoms with van der Waals surface area (Å²) in [5.74, 6) is 0.932. The van der Waals surface area contributed by atoms with Crippen LogP contribution in [-0.2, 0) is 4.79 Å². The molecule has 4 rings (SSSR count). The summed E-state index contributed by atoms with van der Waals surface area (Å²) in [6, 6.07) is 15.6. The Morgan fingerprint density at radius 1 is 0.972 bits per heavy atom. The SMILES string of the molecule is COc1cc(-c2ccnc(NC(C)=O)c2)ccc1OC[C@H](CC(C)C)N1C(=O)c2ccccc2C1=O. The molecule has 0 aliphatic carbocycles. The number of anilines is 1. The van der Waals surface area contributed by atoms with Crippen LogP contribution in [0.15, 0.2) is 60.8 Å². The summed E-state index contributed by atoms with van der Waals surface area (Å²) < 4.78 is 11.7. The number of pyridine rings is 1. The average Bonchev–Trinajstić information content (AvgIpc) is 3.11. The number of nitrogens with one attached hydrogen (secondary N) is 1. The molecule has 1 aliphatic rings. The van der Waals surface area contributed by atoms with Gasteiger partial charge in [-0.15, -0.1) is 0 Å². The second-order valence-corrected chi connectivity index (χ2v) is 9.10. The van der Waals surface area contributed by atoms with Gasteiger partial charge in [0.25, 0.3) is 11.8 Å². The molecule has 36 heavy (non-hydrogen) atoms. The molecule has 2 heterocycles. The van der Waals surface area contributed by atoms with E-state index in [1.807, 2.05) is 32.0 Å². The molecular formula is C28H29N3O5. The molecule has 0 radical (unpaired) electrons. The van der Waals surface area contributed by atoms with Crippen molar-refractivity contribution in [2.75, 3.05) is 19.0 Å². The maximum atomic E-state index is 13.1. The Balaban J connectivity index is 1.55. The molecule has 2 aromatic carbocycles. The van der Waals surface area contributed by atoms with Gasteiger partial charge in [-0.05, 0) is 59.9 Å². The fourth-order valence-corrected chi connectivity index (χ4v) is 4.34. The van der Waals surface area contributed by atoms with Crippen LogP contribution in [0.4, 0.5) is 5.82 Å². The number of ether oxygens (including phenoxy) is 2. The third-order valence-corrected chi connectivity index (χ3v) is 5.93. The van der Waals surface area contributed by atoms with Crippen molar-refractivity contribution in [2.24, 2.45) is 5.92 Å².